The van der Waals surface area contributed by atoms with Gasteiger partial charge in [-0.05, 0) is 6.42 Å². The second-order valence-corrected chi connectivity index (χ2v) is 2.17. The van der Waals surface area contributed by atoms with E-state index in [-0.39, 0.29) is 5.91 Å². The second-order valence-electron chi connectivity index (χ2n) is 2.17. The Morgan fingerprint density at radius 2 is 2.45 bits per heavy atom. The molecule has 1 amide bonds. The van der Waals surface area contributed by atoms with Crippen LogP contribution < -0.4 is 5.32 Å². The Morgan fingerprint density at radius 3 is 3.00 bits per heavy atom. The summed E-state index contributed by atoms with van der Waals surface area (Å²) in [5, 5.41) is 2.73. The lowest BCUT2D eigenvalue weighted by atomic mass is 10.4. The molecule has 0 spiro atoms. The van der Waals surface area contributed by atoms with Crippen LogP contribution in [-0.2, 0) is 9.53 Å². The molecule has 0 radical (unpaired) electrons. The molecule has 1 N–H and O–H groups in total. The van der Waals surface area contributed by atoms with Gasteiger partial charge in [0.05, 0.1) is 6.61 Å². The average molecular weight is 157 g/mol. The number of nitrogens with one attached hydrogen (secondary N) is 1. The lowest BCUT2D eigenvalue weighted by Crippen LogP contribution is -2.24. The van der Waals surface area contributed by atoms with Crippen molar-refractivity contribution in [2.24, 2.45) is 0 Å². The van der Waals surface area contributed by atoms with Gasteiger partial charge >= 0.3 is 0 Å². The van der Waals surface area contributed by atoms with E-state index in [9.17, 15) is 4.79 Å². The molecule has 0 rings (SSSR count). The molecule has 0 aromatic carbocycles. The number of rotatable bonds is 6. The van der Waals surface area contributed by atoms with Crippen molar-refractivity contribution in [1.82, 2.24) is 5.32 Å². The Bertz CT molecular complexity index is 123. The van der Waals surface area contributed by atoms with Crippen molar-refractivity contribution >= 4 is 5.91 Å². The van der Waals surface area contributed by atoms with Crippen LogP contribution in [0.25, 0.3) is 0 Å². The quantitative estimate of drug-likeness (QED) is 0.455. The van der Waals surface area contributed by atoms with E-state index in [2.05, 4.69) is 11.9 Å². The fourth-order valence-corrected chi connectivity index (χ4v) is 0.597. The van der Waals surface area contributed by atoms with Crippen LogP contribution in [0, 0.1) is 0 Å². The number of hydrogen-bond donors (Lipinski definition) is 1. The van der Waals surface area contributed by atoms with Gasteiger partial charge in [-0.25, -0.2) is 0 Å². The Balaban J connectivity index is 3.15. The summed E-state index contributed by atoms with van der Waals surface area (Å²) in [6.07, 6.45) is 3.03. The van der Waals surface area contributed by atoms with Crippen LogP contribution in [0.15, 0.2) is 12.7 Å². The molecule has 64 valence electrons. The SMILES string of the molecule is C=CCCNC(=O)CCOC. The van der Waals surface area contributed by atoms with Crippen LogP contribution in [0.4, 0.5) is 0 Å². The van der Waals surface area contributed by atoms with Crippen molar-refractivity contribution in [3.8, 4) is 0 Å². The second kappa shape index (κ2) is 7.28. The zero-order valence-corrected chi connectivity index (χ0v) is 6.93. The highest BCUT2D eigenvalue weighted by molar-refractivity contribution is 5.75. The predicted octanol–water partition coefficient (Wildman–Crippen LogP) is 0.715. The molecule has 3 heteroatoms. The maximum atomic E-state index is 10.9. The first-order valence-electron chi connectivity index (χ1n) is 3.67. The Hall–Kier alpha value is -0.830. The summed E-state index contributed by atoms with van der Waals surface area (Å²) >= 11 is 0. The molecule has 0 heterocycles. The molecule has 0 aromatic heterocycles. The van der Waals surface area contributed by atoms with Crippen LogP contribution in [0.1, 0.15) is 12.8 Å². The van der Waals surface area contributed by atoms with Gasteiger partial charge in [0.1, 0.15) is 0 Å². The van der Waals surface area contributed by atoms with E-state index in [0.717, 1.165) is 6.42 Å². The molecule has 0 fully saturated rings. The molecule has 0 aliphatic carbocycles. The van der Waals surface area contributed by atoms with Crippen LogP contribution in [0.3, 0.4) is 0 Å². The van der Waals surface area contributed by atoms with E-state index in [1.54, 1.807) is 13.2 Å². The van der Waals surface area contributed by atoms with Gasteiger partial charge in [0.2, 0.25) is 5.91 Å². The Kier molecular flexibility index (Phi) is 6.73. The summed E-state index contributed by atoms with van der Waals surface area (Å²) in [6, 6.07) is 0. The third-order valence-electron chi connectivity index (χ3n) is 1.20. The smallest absolute Gasteiger partial charge is 0.222 e. The van der Waals surface area contributed by atoms with Crippen LogP contribution in [0.5, 0.6) is 0 Å². The monoisotopic (exact) mass is 157 g/mol. The molecule has 0 unspecified atom stereocenters. The van der Waals surface area contributed by atoms with Crippen molar-refractivity contribution in [3.63, 3.8) is 0 Å². The van der Waals surface area contributed by atoms with Crippen LogP contribution in [-0.4, -0.2) is 26.2 Å². The van der Waals surface area contributed by atoms with E-state index >= 15 is 0 Å². The van der Waals surface area contributed by atoms with Crippen molar-refractivity contribution in [3.05, 3.63) is 12.7 Å². The molecule has 11 heavy (non-hydrogen) atoms. The van der Waals surface area contributed by atoms with Gasteiger partial charge in [-0.15, -0.1) is 6.58 Å². The molecule has 0 aliphatic heterocycles. The number of amides is 1. The Morgan fingerprint density at radius 1 is 1.73 bits per heavy atom. The molecule has 0 bridgehead atoms. The first-order valence-corrected chi connectivity index (χ1v) is 3.67. The number of hydrogen-bond acceptors (Lipinski definition) is 2. The van der Waals surface area contributed by atoms with E-state index in [0.29, 0.717) is 19.6 Å². The third kappa shape index (κ3) is 7.06. The topological polar surface area (TPSA) is 38.3 Å². The third-order valence-corrected chi connectivity index (χ3v) is 1.20. The van der Waals surface area contributed by atoms with Crippen molar-refractivity contribution in [1.29, 1.82) is 0 Å². The number of carbonyl (C=O) groups excluding carboxylic acids is 1. The van der Waals surface area contributed by atoms with Gasteiger partial charge in [-0.1, -0.05) is 6.08 Å². The standard InChI is InChI=1S/C8H15NO2/c1-3-4-6-9-8(10)5-7-11-2/h3H,1,4-7H2,2H3,(H,9,10). The summed E-state index contributed by atoms with van der Waals surface area (Å²) in [5.41, 5.74) is 0. The maximum Gasteiger partial charge on any atom is 0.222 e. The Labute approximate surface area is 67.4 Å². The number of carbonyl (C=O) groups is 1. The van der Waals surface area contributed by atoms with Gasteiger partial charge in [-0.2, -0.15) is 0 Å². The fraction of sp³-hybridized carbons (Fsp3) is 0.625. The molecule has 0 saturated carbocycles. The van der Waals surface area contributed by atoms with Gasteiger partial charge in [0.25, 0.3) is 0 Å². The maximum absolute atomic E-state index is 10.9. The molecule has 3 nitrogen and oxygen atoms in total. The average Bonchev–Trinajstić information content (AvgIpc) is 2.01. The highest BCUT2D eigenvalue weighted by Crippen LogP contribution is 1.81. The van der Waals surface area contributed by atoms with Gasteiger partial charge in [0.15, 0.2) is 0 Å². The first-order chi connectivity index (χ1) is 5.31. The van der Waals surface area contributed by atoms with Crippen molar-refractivity contribution in [2.75, 3.05) is 20.3 Å². The van der Waals surface area contributed by atoms with Crippen molar-refractivity contribution in [2.45, 2.75) is 12.8 Å². The molecule has 0 aromatic rings. The summed E-state index contributed by atoms with van der Waals surface area (Å²) < 4.78 is 4.74. The van der Waals surface area contributed by atoms with E-state index < -0.39 is 0 Å². The summed E-state index contributed by atoms with van der Waals surface area (Å²) in [5.74, 6) is 0.0358. The van der Waals surface area contributed by atoms with Gasteiger partial charge in [-0.3, -0.25) is 4.79 Å². The van der Waals surface area contributed by atoms with Gasteiger partial charge < -0.3 is 10.1 Å². The molecule has 0 atom stereocenters. The largest absolute Gasteiger partial charge is 0.384 e. The fourth-order valence-electron chi connectivity index (χ4n) is 0.597. The molecular weight excluding hydrogens is 142 g/mol. The van der Waals surface area contributed by atoms with Crippen LogP contribution in [0.2, 0.25) is 0 Å². The molecule has 0 aliphatic rings. The molecular formula is C8H15NO2. The highest BCUT2D eigenvalue weighted by atomic mass is 16.5. The van der Waals surface area contributed by atoms with E-state index in [1.807, 2.05) is 0 Å². The van der Waals surface area contributed by atoms with E-state index in [4.69, 9.17) is 4.74 Å². The first kappa shape index (κ1) is 10.2. The minimum absolute atomic E-state index is 0.0358. The number of methoxy groups -OCH3 is 1. The van der Waals surface area contributed by atoms with Gasteiger partial charge in [0, 0.05) is 20.1 Å². The lowest BCUT2D eigenvalue weighted by Gasteiger charge is -2.01. The minimum atomic E-state index is 0.0358. The normalized spacial score (nSPS) is 9.18. The number of ether oxygens (including phenoxy) is 1. The van der Waals surface area contributed by atoms with Crippen LogP contribution >= 0.6 is 0 Å². The predicted molar refractivity (Wildman–Crippen MR) is 44.3 cm³/mol. The van der Waals surface area contributed by atoms with E-state index in [1.165, 1.54) is 0 Å². The zero-order valence-electron chi connectivity index (χ0n) is 6.93. The molecule has 0 saturated heterocycles. The lowest BCUT2D eigenvalue weighted by molar-refractivity contribution is -0.121. The zero-order chi connectivity index (χ0) is 8.53. The minimum Gasteiger partial charge on any atom is -0.384 e. The summed E-state index contributed by atoms with van der Waals surface area (Å²) in [4.78, 5) is 10.9. The highest BCUT2D eigenvalue weighted by Gasteiger charge is 1.97. The summed E-state index contributed by atoms with van der Waals surface area (Å²) in [7, 11) is 1.58. The summed E-state index contributed by atoms with van der Waals surface area (Å²) in [6.45, 7) is 4.70. The van der Waals surface area contributed by atoms with Crippen molar-refractivity contribution < 1.29 is 9.53 Å².